The van der Waals surface area contributed by atoms with Crippen LogP contribution in [0.4, 0.5) is 11.6 Å². The van der Waals surface area contributed by atoms with Gasteiger partial charge in [0.05, 0.1) is 0 Å². The van der Waals surface area contributed by atoms with Crippen LogP contribution >= 0.6 is 0 Å². The van der Waals surface area contributed by atoms with Crippen molar-refractivity contribution in [3.8, 4) is 0 Å². The number of carbonyl (C=O) groups excluding carboxylic acids is 1. The summed E-state index contributed by atoms with van der Waals surface area (Å²) in [6, 6.07) is 5.79. The standard InChI is InChI=1S/C16H21N5O.2H2/c1-9(2)12-8-14(20-21-15(12)16(22)17-5)19-13-7-10(3)6-11(4)18-13;;/h6-9H,1-5H3,(H,17,22)(H,18,19,20);2*1H. The smallest absolute Gasteiger partial charge is 0.271 e. The highest BCUT2D eigenvalue weighted by atomic mass is 16.1. The van der Waals surface area contributed by atoms with Crippen LogP contribution in [0.25, 0.3) is 0 Å². The molecule has 0 unspecified atom stereocenters. The monoisotopic (exact) mass is 303 g/mol. The Hall–Kier alpha value is -2.50. The molecule has 2 N–H and O–H groups in total. The van der Waals surface area contributed by atoms with Crippen LogP contribution in [0.5, 0.6) is 0 Å². The van der Waals surface area contributed by atoms with Gasteiger partial charge >= 0.3 is 0 Å². The Morgan fingerprint density at radius 2 is 1.86 bits per heavy atom. The number of nitrogens with zero attached hydrogens (tertiary/aromatic N) is 3. The predicted molar refractivity (Wildman–Crippen MR) is 90.7 cm³/mol. The molecule has 0 aliphatic carbocycles. The molecular weight excluding hydrogens is 278 g/mol. The fourth-order valence-corrected chi connectivity index (χ4v) is 2.24. The molecule has 1 amide bonds. The zero-order valence-electron chi connectivity index (χ0n) is 13.6. The molecule has 0 aliphatic heterocycles. The fraction of sp³-hybridized carbons (Fsp3) is 0.375. The predicted octanol–water partition coefficient (Wildman–Crippen LogP) is 3.21. The molecule has 120 valence electrons. The van der Waals surface area contributed by atoms with E-state index in [2.05, 4.69) is 25.8 Å². The van der Waals surface area contributed by atoms with E-state index in [-0.39, 0.29) is 14.7 Å². The Balaban J connectivity index is 0.00000264. The average molecular weight is 303 g/mol. The second-order valence-electron chi connectivity index (χ2n) is 5.56. The third kappa shape index (κ3) is 3.58. The lowest BCUT2D eigenvalue weighted by molar-refractivity contribution is 0.0955. The number of hydrogen-bond donors (Lipinski definition) is 2. The Labute approximate surface area is 133 Å². The van der Waals surface area contributed by atoms with E-state index in [0.29, 0.717) is 17.3 Å². The number of nitrogens with one attached hydrogen (secondary N) is 2. The maximum absolute atomic E-state index is 11.9. The first-order valence-electron chi connectivity index (χ1n) is 7.22. The van der Waals surface area contributed by atoms with Gasteiger partial charge in [-0.1, -0.05) is 13.8 Å². The number of aryl methyl sites for hydroxylation is 2. The molecule has 0 spiro atoms. The molecule has 2 heterocycles. The topological polar surface area (TPSA) is 79.8 Å². The number of rotatable bonds is 4. The highest BCUT2D eigenvalue weighted by Gasteiger charge is 2.16. The molecule has 0 saturated carbocycles. The van der Waals surface area contributed by atoms with E-state index in [9.17, 15) is 4.79 Å². The summed E-state index contributed by atoms with van der Waals surface area (Å²) in [5.41, 5.74) is 3.26. The summed E-state index contributed by atoms with van der Waals surface area (Å²) in [7, 11) is 1.58. The van der Waals surface area contributed by atoms with Crippen molar-refractivity contribution in [3.05, 3.63) is 40.7 Å². The van der Waals surface area contributed by atoms with Crippen LogP contribution in [-0.4, -0.2) is 28.1 Å². The van der Waals surface area contributed by atoms with Gasteiger partial charge in [-0.3, -0.25) is 4.79 Å². The van der Waals surface area contributed by atoms with Gasteiger partial charge in [0.2, 0.25) is 0 Å². The zero-order chi connectivity index (χ0) is 16.3. The summed E-state index contributed by atoms with van der Waals surface area (Å²) < 4.78 is 0. The first kappa shape index (κ1) is 15.9. The van der Waals surface area contributed by atoms with Crippen LogP contribution in [0, 0.1) is 13.8 Å². The van der Waals surface area contributed by atoms with Gasteiger partial charge in [-0.25, -0.2) is 4.98 Å². The SMILES string of the molecule is CNC(=O)c1nnc(Nc2cc(C)cc(C)n2)cc1C(C)C.[HH].[HH]. The molecule has 0 atom stereocenters. The van der Waals surface area contributed by atoms with E-state index < -0.39 is 0 Å². The number of carbonyl (C=O) groups is 1. The molecule has 0 saturated heterocycles. The minimum atomic E-state index is -0.229. The second-order valence-corrected chi connectivity index (χ2v) is 5.56. The molecule has 22 heavy (non-hydrogen) atoms. The lowest BCUT2D eigenvalue weighted by Gasteiger charge is -2.13. The van der Waals surface area contributed by atoms with Crippen LogP contribution in [0.1, 0.15) is 49.9 Å². The van der Waals surface area contributed by atoms with E-state index in [4.69, 9.17) is 0 Å². The van der Waals surface area contributed by atoms with Crippen molar-refractivity contribution in [1.29, 1.82) is 0 Å². The number of anilines is 2. The third-order valence-corrected chi connectivity index (χ3v) is 3.24. The minimum absolute atomic E-state index is 0. The largest absolute Gasteiger partial charge is 0.354 e. The van der Waals surface area contributed by atoms with Crippen molar-refractivity contribution in [1.82, 2.24) is 20.5 Å². The van der Waals surface area contributed by atoms with Gasteiger partial charge in [0.25, 0.3) is 5.91 Å². The van der Waals surface area contributed by atoms with Crippen LogP contribution < -0.4 is 10.6 Å². The normalized spacial score (nSPS) is 10.6. The summed E-state index contributed by atoms with van der Waals surface area (Å²) in [5.74, 6) is 1.23. The summed E-state index contributed by atoms with van der Waals surface area (Å²) in [4.78, 5) is 16.3. The van der Waals surface area contributed by atoms with Crippen molar-refractivity contribution in [2.75, 3.05) is 12.4 Å². The number of aromatic nitrogens is 3. The Bertz CT molecular complexity index is 687. The van der Waals surface area contributed by atoms with Crippen molar-refractivity contribution in [2.24, 2.45) is 0 Å². The molecule has 0 bridgehead atoms. The quantitative estimate of drug-likeness (QED) is 0.906. The third-order valence-electron chi connectivity index (χ3n) is 3.24. The molecule has 6 heteroatoms. The van der Waals surface area contributed by atoms with Crippen LogP contribution in [0.15, 0.2) is 18.2 Å². The van der Waals surface area contributed by atoms with Gasteiger partial charge in [0.1, 0.15) is 5.82 Å². The molecule has 2 rings (SSSR count). The number of pyridine rings is 1. The highest BCUT2D eigenvalue weighted by molar-refractivity contribution is 5.93. The molecular formula is C16H25N5O. The van der Waals surface area contributed by atoms with E-state index >= 15 is 0 Å². The van der Waals surface area contributed by atoms with E-state index in [1.54, 1.807) is 7.05 Å². The van der Waals surface area contributed by atoms with E-state index in [1.165, 1.54) is 0 Å². The van der Waals surface area contributed by atoms with Gasteiger partial charge < -0.3 is 10.6 Å². The zero-order valence-corrected chi connectivity index (χ0v) is 13.6. The summed E-state index contributed by atoms with van der Waals surface area (Å²) >= 11 is 0. The lowest BCUT2D eigenvalue weighted by Crippen LogP contribution is -2.22. The van der Waals surface area contributed by atoms with E-state index in [1.807, 2.05) is 45.9 Å². The summed E-state index contributed by atoms with van der Waals surface area (Å²) in [5, 5.41) is 13.9. The van der Waals surface area contributed by atoms with Crippen molar-refractivity contribution >= 4 is 17.5 Å². The maximum Gasteiger partial charge on any atom is 0.271 e. The first-order valence-corrected chi connectivity index (χ1v) is 7.22. The van der Waals surface area contributed by atoms with Crippen LogP contribution in [-0.2, 0) is 0 Å². The van der Waals surface area contributed by atoms with Gasteiger partial charge in [-0.2, -0.15) is 0 Å². The minimum Gasteiger partial charge on any atom is -0.354 e. The van der Waals surface area contributed by atoms with Gasteiger partial charge in [-0.05, 0) is 49.1 Å². The van der Waals surface area contributed by atoms with Gasteiger partial charge in [0, 0.05) is 15.6 Å². The van der Waals surface area contributed by atoms with E-state index in [0.717, 1.165) is 16.8 Å². The number of amides is 1. The van der Waals surface area contributed by atoms with Crippen LogP contribution in [0.2, 0.25) is 0 Å². The van der Waals surface area contributed by atoms with Gasteiger partial charge in [-0.15, -0.1) is 10.2 Å². The Morgan fingerprint density at radius 3 is 2.45 bits per heavy atom. The Morgan fingerprint density at radius 1 is 1.14 bits per heavy atom. The molecule has 6 nitrogen and oxygen atoms in total. The molecule has 0 radical (unpaired) electrons. The Kier molecular flexibility index (Phi) is 4.70. The lowest BCUT2D eigenvalue weighted by atomic mass is 10.0. The number of hydrogen-bond acceptors (Lipinski definition) is 5. The van der Waals surface area contributed by atoms with Crippen molar-refractivity contribution in [2.45, 2.75) is 33.6 Å². The average Bonchev–Trinajstić information content (AvgIpc) is 2.45. The second kappa shape index (κ2) is 6.51. The maximum atomic E-state index is 11.9. The summed E-state index contributed by atoms with van der Waals surface area (Å²) in [6.07, 6.45) is 0. The van der Waals surface area contributed by atoms with Gasteiger partial charge in [0.15, 0.2) is 11.5 Å². The molecule has 2 aromatic heterocycles. The molecule has 0 fully saturated rings. The molecule has 0 aliphatic rings. The van der Waals surface area contributed by atoms with Crippen molar-refractivity contribution in [3.63, 3.8) is 0 Å². The summed E-state index contributed by atoms with van der Waals surface area (Å²) in [6.45, 7) is 7.99. The molecule has 2 aromatic rings. The molecule has 0 aromatic carbocycles. The van der Waals surface area contributed by atoms with Crippen molar-refractivity contribution < 1.29 is 7.65 Å². The highest BCUT2D eigenvalue weighted by Crippen LogP contribution is 2.22. The van der Waals surface area contributed by atoms with Crippen LogP contribution in [0.3, 0.4) is 0 Å². The first-order chi connectivity index (χ1) is 10.4. The fourth-order valence-electron chi connectivity index (χ4n) is 2.24.